The Labute approximate surface area is 173 Å². The zero-order valence-corrected chi connectivity index (χ0v) is 20.5. The van der Waals surface area contributed by atoms with Gasteiger partial charge in [0, 0.05) is 19.0 Å². The molecule has 156 valence electrons. The van der Waals surface area contributed by atoms with Crippen molar-refractivity contribution >= 4 is 18.1 Å². The molecule has 1 atom stereocenters. The summed E-state index contributed by atoms with van der Waals surface area (Å²) in [6, 6.07) is 10.9. The maximum Gasteiger partial charge on any atom is 0.243 e. The molecule has 1 saturated heterocycles. The van der Waals surface area contributed by atoms with Crippen LogP contribution < -0.4 is 0 Å². The summed E-state index contributed by atoms with van der Waals surface area (Å²) in [5, 5.41) is 1.59. The summed E-state index contributed by atoms with van der Waals surface area (Å²) in [5.74, 6) is 0.238. The molecule has 0 saturated carbocycles. The largest absolute Gasteiger partial charge is 0.243 e. The molecule has 0 amide bonds. The molecule has 28 heavy (non-hydrogen) atoms. The van der Waals surface area contributed by atoms with Gasteiger partial charge in [-0.15, -0.1) is 0 Å². The Kier molecular flexibility index (Phi) is 7.51. The summed E-state index contributed by atoms with van der Waals surface area (Å²) in [6.45, 7) is 16.5. The zero-order valence-electron chi connectivity index (χ0n) is 18.7. The highest BCUT2D eigenvalue weighted by Crippen LogP contribution is 2.42. The molecule has 5 heteroatoms. The number of hydrogen-bond acceptors (Lipinski definition) is 2. The second-order valence-electron chi connectivity index (χ2n) is 8.28. The average molecular weight is 420 g/mol. The van der Waals surface area contributed by atoms with Crippen molar-refractivity contribution in [2.45, 2.75) is 71.5 Å². The summed E-state index contributed by atoms with van der Waals surface area (Å²) in [5.41, 5.74) is 3.74. The second kappa shape index (κ2) is 9.10. The van der Waals surface area contributed by atoms with Crippen molar-refractivity contribution in [1.82, 2.24) is 4.31 Å². The molecule has 0 aromatic heterocycles. The maximum absolute atomic E-state index is 13.3. The van der Waals surface area contributed by atoms with E-state index in [-0.39, 0.29) is 5.92 Å². The lowest BCUT2D eigenvalue weighted by Crippen LogP contribution is -2.40. The van der Waals surface area contributed by atoms with Crippen LogP contribution in [0.3, 0.4) is 0 Å². The van der Waals surface area contributed by atoms with Crippen molar-refractivity contribution in [2.24, 2.45) is 5.92 Å². The maximum atomic E-state index is 13.3. The number of aryl methyl sites for hydroxylation is 1. The van der Waals surface area contributed by atoms with Gasteiger partial charge in [0.05, 0.1) is 13.0 Å². The molecule has 1 heterocycles. The quantitative estimate of drug-likeness (QED) is 0.405. The molecule has 0 radical (unpaired) electrons. The Morgan fingerprint density at radius 3 is 2.07 bits per heavy atom. The lowest BCUT2D eigenvalue weighted by atomic mass is 9.99. The molecule has 1 aromatic carbocycles. The van der Waals surface area contributed by atoms with Gasteiger partial charge in [0.15, 0.2) is 0 Å². The van der Waals surface area contributed by atoms with Crippen LogP contribution in [0.2, 0.25) is 18.1 Å². The van der Waals surface area contributed by atoms with Gasteiger partial charge >= 0.3 is 0 Å². The van der Waals surface area contributed by atoms with E-state index >= 15 is 0 Å². The van der Waals surface area contributed by atoms with Gasteiger partial charge in [0.2, 0.25) is 10.0 Å². The normalized spacial score (nSPS) is 20.0. The summed E-state index contributed by atoms with van der Waals surface area (Å²) >= 11 is 0. The van der Waals surface area contributed by atoms with Gasteiger partial charge < -0.3 is 0 Å². The molecule has 1 aliphatic rings. The number of sulfonamides is 1. The fraction of sp³-hybridized carbons (Fsp3) is 0.565. The van der Waals surface area contributed by atoms with E-state index in [9.17, 15) is 8.42 Å². The predicted molar refractivity (Wildman–Crippen MR) is 123 cm³/mol. The van der Waals surface area contributed by atoms with Gasteiger partial charge in [-0.2, -0.15) is 4.31 Å². The molecule has 1 aliphatic heterocycles. The zero-order chi connectivity index (χ0) is 21.1. The minimum absolute atomic E-state index is 0.238. The molecule has 1 fully saturated rings. The number of nitrogens with zero attached hydrogens (tertiary/aromatic N) is 1. The molecule has 3 nitrogen and oxygen atoms in total. The second-order valence-corrected chi connectivity index (χ2v) is 15.4. The highest BCUT2D eigenvalue weighted by Gasteiger charge is 2.43. The molecule has 2 rings (SSSR count). The lowest BCUT2D eigenvalue weighted by molar-refractivity contribution is 0.469. The van der Waals surface area contributed by atoms with Crippen LogP contribution in [0.15, 0.2) is 51.6 Å². The molecular weight excluding hydrogens is 382 g/mol. The number of hydrogen-bond donors (Lipinski definition) is 0. The average Bonchev–Trinajstić information content (AvgIpc) is 3.10. The Morgan fingerprint density at radius 2 is 1.64 bits per heavy atom. The topological polar surface area (TPSA) is 37.4 Å². The van der Waals surface area contributed by atoms with E-state index in [2.05, 4.69) is 47.6 Å². The molecule has 0 bridgehead atoms. The first kappa shape index (κ1) is 23.1. The molecule has 0 aliphatic carbocycles. The Balaban J connectivity index is 2.48. The standard InChI is InChI=1S/C23H37NO2SSi/c1-8-20-16-24(27(25,26)21-14-12-19(7)13-15-21)17-22(20)23(18(5)6)28(9-2,10-3)11-4/h8,12-15,22H,9-11,16-17H2,1-7H3/b20-8+. The summed E-state index contributed by atoms with van der Waals surface area (Å²) in [4.78, 5) is 0.401. The molecule has 1 aromatic rings. The Morgan fingerprint density at radius 1 is 1.11 bits per heavy atom. The van der Waals surface area contributed by atoms with Crippen LogP contribution >= 0.6 is 0 Å². The van der Waals surface area contributed by atoms with Crippen molar-refractivity contribution in [3.63, 3.8) is 0 Å². The van der Waals surface area contributed by atoms with Crippen LogP contribution in [-0.2, 0) is 10.0 Å². The summed E-state index contributed by atoms with van der Waals surface area (Å²) in [7, 11) is -5.06. The molecule has 1 unspecified atom stereocenters. The summed E-state index contributed by atoms with van der Waals surface area (Å²) < 4.78 is 28.3. The van der Waals surface area contributed by atoms with Gasteiger partial charge in [-0.25, -0.2) is 8.42 Å². The van der Waals surface area contributed by atoms with Crippen LogP contribution in [0.25, 0.3) is 0 Å². The first-order valence-electron chi connectivity index (χ1n) is 10.6. The lowest BCUT2D eigenvalue weighted by Gasteiger charge is -2.37. The van der Waals surface area contributed by atoms with E-state index in [1.807, 2.05) is 19.1 Å². The van der Waals surface area contributed by atoms with Crippen molar-refractivity contribution in [2.75, 3.05) is 13.1 Å². The highest BCUT2D eigenvalue weighted by atomic mass is 32.2. The third-order valence-electron chi connectivity index (χ3n) is 6.71. The van der Waals surface area contributed by atoms with E-state index in [1.54, 1.807) is 21.6 Å². The predicted octanol–water partition coefficient (Wildman–Crippen LogP) is 5.95. The van der Waals surface area contributed by atoms with Crippen LogP contribution in [0.5, 0.6) is 0 Å². The summed E-state index contributed by atoms with van der Waals surface area (Å²) in [6.07, 6.45) is 2.15. The monoisotopic (exact) mass is 419 g/mol. The molecular formula is C23H37NO2SSi. The van der Waals surface area contributed by atoms with Crippen LogP contribution in [0.4, 0.5) is 0 Å². The minimum Gasteiger partial charge on any atom is -0.207 e. The number of rotatable bonds is 7. The van der Waals surface area contributed by atoms with E-state index in [4.69, 9.17) is 0 Å². The van der Waals surface area contributed by atoms with Crippen LogP contribution in [0.1, 0.15) is 47.1 Å². The van der Waals surface area contributed by atoms with Gasteiger partial charge in [-0.1, -0.05) is 79.0 Å². The van der Waals surface area contributed by atoms with E-state index < -0.39 is 18.1 Å². The van der Waals surface area contributed by atoms with Gasteiger partial charge in [0.25, 0.3) is 0 Å². The third-order valence-corrected chi connectivity index (χ3v) is 14.6. The van der Waals surface area contributed by atoms with Crippen LogP contribution in [0, 0.1) is 12.8 Å². The van der Waals surface area contributed by atoms with Gasteiger partial charge in [-0.05, 0) is 39.8 Å². The van der Waals surface area contributed by atoms with E-state index in [1.165, 1.54) is 29.3 Å². The highest BCUT2D eigenvalue weighted by molar-refractivity contribution is 7.89. The smallest absolute Gasteiger partial charge is 0.207 e. The van der Waals surface area contributed by atoms with Crippen molar-refractivity contribution < 1.29 is 8.42 Å². The number of benzene rings is 1. The van der Waals surface area contributed by atoms with Crippen LogP contribution in [-0.4, -0.2) is 33.9 Å². The minimum atomic E-state index is -3.47. The van der Waals surface area contributed by atoms with Gasteiger partial charge in [0.1, 0.15) is 0 Å². The van der Waals surface area contributed by atoms with E-state index in [0.717, 1.165) is 5.56 Å². The molecule has 0 spiro atoms. The van der Waals surface area contributed by atoms with E-state index in [0.29, 0.717) is 18.0 Å². The Hall–Kier alpha value is -1.17. The van der Waals surface area contributed by atoms with Gasteiger partial charge in [-0.3, -0.25) is 0 Å². The van der Waals surface area contributed by atoms with Crippen molar-refractivity contribution in [3.8, 4) is 0 Å². The fourth-order valence-electron chi connectivity index (χ4n) is 4.88. The number of allylic oxidation sites excluding steroid dienone is 2. The Bertz CT molecular complexity index is 837. The SMILES string of the molecule is C/C=C1\CN(S(=O)(=O)c2ccc(C)cc2)CC1C(=C(C)C)[Si](CC)(CC)CC. The molecule has 0 N–H and O–H groups in total. The third kappa shape index (κ3) is 4.21. The fourth-order valence-corrected chi connectivity index (χ4v) is 11.0. The first-order chi connectivity index (χ1) is 13.2. The van der Waals surface area contributed by atoms with Crippen molar-refractivity contribution in [3.05, 3.63) is 52.2 Å². The van der Waals surface area contributed by atoms with Crippen molar-refractivity contribution in [1.29, 1.82) is 0 Å². The first-order valence-corrected chi connectivity index (χ1v) is 14.6.